The smallest absolute Gasteiger partial charge is 0.341 e. The summed E-state index contributed by atoms with van der Waals surface area (Å²) in [4.78, 5) is 14.1. The van der Waals surface area contributed by atoms with Gasteiger partial charge in [-0.25, -0.2) is 4.79 Å². The minimum Gasteiger partial charge on any atom is -0.467 e. The molecule has 2 aliphatic rings. The normalized spacial score (nSPS) is 29.6. The Hall–Kier alpha value is -1.33. The molecule has 0 amide bonds. The fourth-order valence-electron chi connectivity index (χ4n) is 3.51. The predicted octanol–water partition coefficient (Wildman–Crippen LogP) is 1.66. The summed E-state index contributed by atoms with van der Waals surface area (Å²) in [6, 6.07) is 1.67. The molecule has 1 aliphatic heterocycles. The quantitative estimate of drug-likeness (QED) is 0.849. The Balaban J connectivity index is 1.65. The summed E-state index contributed by atoms with van der Waals surface area (Å²) in [5.74, 6) is 1.32. The van der Waals surface area contributed by atoms with Gasteiger partial charge in [0, 0.05) is 19.0 Å². The summed E-state index contributed by atoms with van der Waals surface area (Å²) < 4.78 is 10.5. The Labute approximate surface area is 118 Å². The van der Waals surface area contributed by atoms with E-state index in [4.69, 9.17) is 9.15 Å². The third-order valence-corrected chi connectivity index (χ3v) is 4.50. The maximum Gasteiger partial charge on any atom is 0.341 e. The first-order valence-electron chi connectivity index (χ1n) is 7.33. The van der Waals surface area contributed by atoms with Crippen molar-refractivity contribution in [1.82, 2.24) is 4.90 Å². The van der Waals surface area contributed by atoms with Gasteiger partial charge in [0.2, 0.25) is 0 Å². The Morgan fingerprint density at radius 1 is 1.50 bits per heavy atom. The van der Waals surface area contributed by atoms with Gasteiger partial charge < -0.3 is 14.3 Å². The molecule has 2 fully saturated rings. The molecule has 5 nitrogen and oxygen atoms in total. The standard InChI is InChI=1S/C15H21NO4/c1-2-19-15(18)11-5-6-20-14(11)9-16-7-10-3-4-13(17)12(10)8-16/h5-6,10,12-13,17H,2-4,7-9H2,1H3. The van der Waals surface area contributed by atoms with Gasteiger partial charge in [0.05, 0.1) is 25.5 Å². The highest BCUT2D eigenvalue weighted by Crippen LogP contribution is 2.38. The molecule has 1 saturated carbocycles. The number of nitrogens with zero attached hydrogens (tertiary/aromatic N) is 1. The van der Waals surface area contributed by atoms with Gasteiger partial charge in [-0.15, -0.1) is 0 Å². The van der Waals surface area contributed by atoms with Crippen LogP contribution in [0.25, 0.3) is 0 Å². The third-order valence-electron chi connectivity index (χ3n) is 4.50. The van der Waals surface area contributed by atoms with E-state index in [1.807, 2.05) is 0 Å². The molecule has 1 aliphatic carbocycles. The van der Waals surface area contributed by atoms with Crippen molar-refractivity contribution in [2.45, 2.75) is 32.4 Å². The fraction of sp³-hybridized carbons (Fsp3) is 0.667. The molecule has 0 spiro atoms. The number of carbonyl (C=O) groups is 1. The van der Waals surface area contributed by atoms with Crippen molar-refractivity contribution in [2.75, 3.05) is 19.7 Å². The molecule has 0 radical (unpaired) electrons. The minimum absolute atomic E-state index is 0.161. The van der Waals surface area contributed by atoms with Crippen LogP contribution in [0.3, 0.4) is 0 Å². The fourth-order valence-corrected chi connectivity index (χ4v) is 3.51. The molecular formula is C15H21NO4. The molecule has 1 N–H and O–H groups in total. The molecule has 3 atom stereocenters. The molecule has 1 saturated heterocycles. The van der Waals surface area contributed by atoms with Gasteiger partial charge in [-0.1, -0.05) is 0 Å². The van der Waals surface area contributed by atoms with Crippen molar-refractivity contribution in [3.63, 3.8) is 0 Å². The first-order chi connectivity index (χ1) is 9.69. The number of hydrogen-bond acceptors (Lipinski definition) is 5. The Morgan fingerprint density at radius 2 is 2.35 bits per heavy atom. The van der Waals surface area contributed by atoms with E-state index in [1.54, 1.807) is 13.0 Å². The van der Waals surface area contributed by atoms with Crippen molar-refractivity contribution in [3.8, 4) is 0 Å². The number of hydrogen-bond donors (Lipinski definition) is 1. The Kier molecular flexibility index (Phi) is 3.81. The lowest BCUT2D eigenvalue weighted by molar-refractivity contribution is 0.0521. The summed E-state index contributed by atoms with van der Waals surface area (Å²) in [5, 5.41) is 9.93. The SMILES string of the molecule is CCOC(=O)c1ccoc1CN1CC2CCC(O)C2C1. The Morgan fingerprint density at radius 3 is 3.10 bits per heavy atom. The highest BCUT2D eigenvalue weighted by molar-refractivity contribution is 5.90. The van der Waals surface area contributed by atoms with E-state index >= 15 is 0 Å². The van der Waals surface area contributed by atoms with E-state index in [0.29, 0.717) is 36.3 Å². The average molecular weight is 279 g/mol. The van der Waals surface area contributed by atoms with Crippen molar-refractivity contribution in [2.24, 2.45) is 11.8 Å². The van der Waals surface area contributed by atoms with E-state index in [-0.39, 0.29) is 12.1 Å². The number of ether oxygens (including phenoxy) is 1. The number of esters is 1. The topological polar surface area (TPSA) is 62.9 Å². The zero-order valence-electron chi connectivity index (χ0n) is 11.7. The second kappa shape index (κ2) is 5.58. The monoisotopic (exact) mass is 279 g/mol. The number of carbonyl (C=O) groups excluding carboxylic acids is 1. The van der Waals surface area contributed by atoms with Crippen LogP contribution < -0.4 is 0 Å². The molecule has 3 rings (SSSR count). The lowest BCUT2D eigenvalue weighted by Crippen LogP contribution is -2.25. The van der Waals surface area contributed by atoms with Crippen LogP contribution in [-0.2, 0) is 11.3 Å². The van der Waals surface area contributed by atoms with Crippen molar-refractivity contribution < 1.29 is 19.1 Å². The summed E-state index contributed by atoms with van der Waals surface area (Å²) in [6.45, 7) is 4.63. The number of aliphatic hydroxyl groups excluding tert-OH is 1. The molecule has 5 heteroatoms. The van der Waals surface area contributed by atoms with E-state index < -0.39 is 0 Å². The van der Waals surface area contributed by atoms with Gasteiger partial charge in [-0.05, 0) is 31.7 Å². The van der Waals surface area contributed by atoms with Crippen LogP contribution in [0.5, 0.6) is 0 Å². The zero-order chi connectivity index (χ0) is 14.1. The highest BCUT2D eigenvalue weighted by atomic mass is 16.5. The number of likely N-dealkylation sites (tertiary alicyclic amines) is 1. The van der Waals surface area contributed by atoms with Crippen LogP contribution in [0, 0.1) is 11.8 Å². The van der Waals surface area contributed by atoms with Crippen LogP contribution in [0.2, 0.25) is 0 Å². The molecule has 110 valence electrons. The van der Waals surface area contributed by atoms with Gasteiger partial charge in [-0.2, -0.15) is 0 Å². The van der Waals surface area contributed by atoms with Crippen molar-refractivity contribution in [3.05, 3.63) is 23.7 Å². The maximum absolute atomic E-state index is 11.8. The van der Waals surface area contributed by atoms with E-state index in [2.05, 4.69) is 4.90 Å². The first kappa shape index (κ1) is 13.6. The highest BCUT2D eigenvalue weighted by Gasteiger charge is 2.42. The van der Waals surface area contributed by atoms with Crippen LogP contribution in [0.4, 0.5) is 0 Å². The van der Waals surface area contributed by atoms with Crippen molar-refractivity contribution >= 4 is 5.97 Å². The molecule has 2 heterocycles. The molecule has 1 aromatic rings. The summed E-state index contributed by atoms with van der Waals surface area (Å²) in [6.07, 6.45) is 3.41. The maximum atomic E-state index is 11.8. The van der Waals surface area contributed by atoms with Gasteiger partial charge in [0.25, 0.3) is 0 Å². The molecule has 1 aromatic heterocycles. The van der Waals surface area contributed by atoms with Gasteiger partial charge in [0.1, 0.15) is 11.3 Å². The van der Waals surface area contributed by atoms with E-state index in [9.17, 15) is 9.90 Å². The number of rotatable bonds is 4. The zero-order valence-corrected chi connectivity index (χ0v) is 11.7. The lowest BCUT2D eigenvalue weighted by Gasteiger charge is -2.17. The van der Waals surface area contributed by atoms with Crippen LogP contribution >= 0.6 is 0 Å². The molecule has 3 unspecified atom stereocenters. The Bertz CT molecular complexity index is 484. The van der Waals surface area contributed by atoms with Crippen LogP contribution in [-0.4, -0.2) is 41.8 Å². The van der Waals surface area contributed by atoms with E-state index in [0.717, 1.165) is 25.9 Å². The molecular weight excluding hydrogens is 258 g/mol. The second-order valence-electron chi connectivity index (χ2n) is 5.74. The van der Waals surface area contributed by atoms with Crippen molar-refractivity contribution in [1.29, 1.82) is 0 Å². The average Bonchev–Trinajstić information content (AvgIpc) is 3.09. The summed E-state index contributed by atoms with van der Waals surface area (Å²) in [7, 11) is 0. The largest absolute Gasteiger partial charge is 0.467 e. The third kappa shape index (κ3) is 2.47. The predicted molar refractivity (Wildman–Crippen MR) is 72.2 cm³/mol. The molecule has 0 bridgehead atoms. The number of furan rings is 1. The minimum atomic E-state index is -0.323. The second-order valence-corrected chi connectivity index (χ2v) is 5.74. The van der Waals surface area contributed by atoms with E-state index in [1.165, 1.54) is 6.26 Å². The first-order valence-corrected chi connectivity index (χ1v) is 7.33. The molecule has 20 heavy (non-hydrogen) atoms. The van der Waals surface area contributed by atoms with Gasteiger partial charge >= 0.3 is 5.97 Å². The number of aliphatic hydroxyl groups is 1. The van der Waals surface area contributed by atoms with Gasteiger partial charge in [0.15, 0.2) is 0 Å². The summed E-state index contributed by atoms with van der Waals surface area (Å²) >= 11 is 0. The number of fused-ring (bicyclic) bond motifs is 1. The van der Waals surface area contributed by atoms with Crippen LogP contribution in [0.15, 0.2) is 16.7 Å². The summed E-state index contributed by atoms with van der Waals surface area (Å²) in [5.41, 5.74) is 0.518. The molecule has 0 aromatic carbocycles. The van der Waals surface area contributed by atoms with Gasteiger partial charge in [-0.3, -0.25) is 4.90 Å². The van der Waals surface area contributed by atoms with Crippen LogP contribution in [0.1, 0.15) is 35.9 Å². The lowest BCUT2D eigenvalue weighted by atomic mass is 10.00.